The number of phenolic OH excluding ortho intramolecular Hbond substituents is 1. The first-order chi connectivity index (χ1) is 8.63. The Morgan fingerprint density at radius 2 is 2.06 bits per heavy atom. The van der Waals surface area contributed by atoms with E-state index < -0.39 is 5.63 Å². The smallest absolute Gasteiger partial charge is 0.345 e. The monoisotopic (exact) mass is 322 g/mol. The van der Waals surface area contributed by atoms with Crippen molar-refractivity contribution in [2.75, 3.05) is 0 Å². The van der Waals surface area contributed by atoms with Crippen LogP contribution < -0.4 is 5.63 Å². The van der Waals surface area contributed by atoms with Gasteiger partial charge in [0.05, 0.1) is 5.56 Å². The summed E-state index contributed by atoms with van der Waals surface area (Å²) in [5.41, 5.74) is 0.519. The van der Waals surface area contributed by atoms with E-state index in [0.717, 1.165) is 14.7 Å². The summed E-state index contributed by atoms with van der Waals surface area (Å²) in [5, 5.41) is 12.0. The lowest BCUT2D eigenvalue weighted by Crippen LogP contribution is -2.01. The van der Waals surface area contributed by atoms with Crippen molar-refractivity contribution in [2.45, 2.75) is 0 Å². The molecule has 3 rings (SSSR count). The molecule has 1 N–H and O–H groups in total. The lowest BCUT2D eigenvalue weighted by atomic mass is 10.1. The van der Waals surface area contributed by atoms with Gasteiger partial charge in [-0.1, -0.05) is 0 Å². The minimum absolute atomic E-state index is 0.0808. The number of hydrogen-bond donors (Lipinski definition) is 1. The van der Waals surface area contributed by atoms with Gasteiger partial charge in [-0.15, -0.1) is 11.3 Å². The molecule has 0 bridgehead atoms. The molecule has 0 aliphatic heterocycles. The highest BCUT2D eigenvalue weighted by Crippen LogP contribution is 2.30. The van der Waals surface area contributed by atoms with Crippen molar-refractivity contribution in [1.82, 2.24) is 0 Å². The summed E-state index contributed by atoms with van der Waals surface area (Å²) >= 11 is 4.83. The topological polar surface area (TPSA) is 50.4 Å². The third-order valence-electron chi connectivity index (χ3n) is 2.55. The molecule has 0 fully saturated rings. The summed E-state index contributed by atoms with van der Waals surface area (Å²) in [6.45, 7) is 0. The number of rotatable bonds is 1. The van der Waals surface area contributed by atoms with Gasteiger partial charge in [-0.3, -0.25) is 0 Å². The highest BCUT2D eigenvalue weighted by Gasteiger charge is 2.10. The van der Waals surface area contributed by atoms with Crippen LogP contribution in [0.2, 0.25) is 0 Å². The van der Waals surface area contributed by atoms with E-state index in [1.54, 1.807) is 18.2 Å². The number of phenols is 1. The minimum Gasteiger partial charge on any atom is -0.508 e. The summed E-state index contributed by atoms with van der Waals surface area (Å²) in [6, 6.07) is 8.38. The quantitative estimate of drug-likeness (QED) is 0.689. The van der Waals surface area contributed by atoms with Gasteiger partial charge in [-0.25, -0.2) is 4.79 Å². The van der Waals surface area contributed by atoms with Gasteiger partial charge in [-0.2, -0.15) is 0 Å². The standard InChI is InChI=1S/C13H7BrO3S/c14-8-4-12(18-6-8)10-3-7-1-2-9(15)5-11(7)17-13(10)16/h1-6,15H. The zero-order valence-corrected chi connectivity index (χ0v) is 11.4. The van der Waals surface area contributed by atoms with Crippen molar-refractivity contribution >= 4 is 38.2 Å². The van der Waals surface area contributed by atoms with Crippen molar-refractivity contribution in [2.24, 2.45) is 0 Å². The first-order valence-electron chi connectivity index (χ1n) is 5.15. The van der Waals surface area contributed by atoms with Crippen LogP contribution in [0.25, 0.3) is 21.4 Å². The van der Waals surface area contributed by atoms with Gasteiger partial charge < -0.3 is 9.52 Å². The zero-order chi connectivity index (χ0) is 12.7. The number of fused-ring (bicyclic) bond motifs is 1. The summed E-state index contributed by atoms with van der Waals surface area (Å²) in [7, 11) is 0. The van der Waals surface area contributed by atoms with Crippen LogP contribution in [0.1, 0.15) is 0 Å². The average molecular weight is 323 g/mol. The van der Waals surface area contributed by atoms with Gasteiger partial charge >= 0.3 is 5.63 Å². The first kappa shape index (κ1) is 11.5. The summed E-state index contributed by atoms with van der Waals surface area (Å²) in [4.78, 5) is 12.7. The molecule has 0 spiro atoms. The molecule has 0 unspecified atom stereocenters. The lowest BCUT2D eigenvalue weighted by Gasteiger charge is -2.00. The Bertz CT molecular complexity index is 788. The molecule has 0 aliphatic rings. The van der Waals surface area contributed by atoms with Crippen molar-refractivity contribution in [3.63, 3.8) is 0 Å². The Morgan fingerprint density at radius 3 is 2.78 bits per heavy atom. The van der Waals surface area contributed by atoms with Crippen LogP contribution in [0.15, 0.2) is 49.4 Å². The van der Waals surface area contributed by atoms with E-state index in [-0.39, 0.29) is 5.75 Å². The van der Waals surface area contributed by atoms with E-state index in [2.05, 4.69) is 15.9 Å². The maximum absolute atomic E-state index is 11.9. The molecule has 0 radical (unpaired) electrons. The van der Waals surface area contributed by atoms with Crippen LogP contribution >= 0.6 is 27.3 Å². The van der Waals surface area contributed by atoms with Crippen molar-refractivity contribution in [3.05, 3.63) is 50.6 Å². The maximum Gasteiger partial charge on any atom is 0.345 e. The third kappa shape index (κ3) is 1.95. The molecule has 18 heavy (non-hydrogen) atoms. The zero-order valence-electron chi connectivity index (χ0n) is 9.01. The second kappa shape index (κ2) is 4.26. The molecule has 1 aromatic carbocycles. The molecule has 5 heteroatoms. The van der Waals surface area contributed by atoms with Crippen molar-refractivity contribution < 1.29 is 9.52 Å². The van der Waals surface area contributed by atoms with E-state index in [4.69, 9.17) is 4.42 Å². The number of benzene rings is 1. The number of hydrogen-bond acceptors (Lipinski definition) is 4. The van der Waals surface area contributed by atoms with Crippen LogP contribution in [0.5, 0.6) is 5.75 Å². The van der Waals surface area contributed by atoms with Crippen molar-refractivity contribution in [3.8, 4) is 16.2 Å². The van der Waals surface area contributed by atoms with Crippen LogP contribution in [0.4, 0.5) is 0 Å². The SMILES string of the molecule is O=c1oc2cc(O)ccc2cc1-c1cc(Br)cs1. The largest absolute Gasteiger partial charge is 0.508 e. The molecule has 0 aliphatic carbocycles. The van der Waals surface area contributed by atoms with E-state index in [9.17, 15) is 9.90 Å². The Morgan fingerprint density at radius 1 is 1.22 bits per heavy atom. The molecule has 0 saturated heterocycles. The molecule has 3 aromatic rings. The average Bonchev–Trinajstić information content (AvgIpc) is 2.74. The Hall–Kier alpha value is -1.59. The van der Waals surface area contributed by atoms with E-state index in [1.165, 1.54) is 17.4 Å². The highest BCUT2D eigenvalue weighted by atomic mass is 79.9. The minimum atomic E-state index is -0.401. The fourth-order valence-electron chi connectivity index (χ4n) is 1.73. The second-order valence-electron chi connectivity index (χ2n) is 3.80. The maximum atomic E-state index is 11.9. The van der Waals surface area contributed by atoms with Crippen LogP contribution in [-0.4, -0.2) is 5.11 Å². The predicted octanol–water partition coefficient (Wildman–Crippen LogP) is 3.99. The molecule has 0 saturated carbocycles. The molecule has 3 nitrogen and oxygen atoms in total. The van der Waals surface area contributed by atoms with Crippen LogP contribution in [0, 0.1) is 0 Å². The van der Waals surface area contributed by atoms with Gasteiger partial charge in [0, 0.05) is 26.2 Å². The molecule has 2 heterocycles. The molecular weight excluding hydrogens is 316 g/mol. The number of halogens is 1. The molecule has 2 aromatic heterocycles. The van der Waals surface area contributed by atoms with E-state index >= 15 is 0 Å². The fourth-order valence-corrected chi connectivity index (χ4v) is 3.16. The molecular formula is C13H7BrO3S. The van der Waals surface area contributed by atoms with Crippen molar-refractivity contribution in [1.29, 1.82) is 0 Å². The molecule has 0 amide bonds. The second-order valence-corrected chi connectivity index (χ2v) is 5.63. The Balaban J connectivity index is 2.28. The van der Waals surface area contributed by atoms with E-state index in [0.29, 0.717) is 11.1 Å². The van der Waals surface area contributed by atoms with Gasteiger partial charge in [0.1, 0.15) is 11.3 Å². The van der Waals surface area contributed by atoms with Gasteiger partial charge in [0.25, 0.3) is 0 Å². The van der Waals surface area contributed by atoms with Crippen LogP contribution in [0.3, 0.4) is 0 Å². The molecule has 90 valence electrons. The Labute approximate surface area is 114 Å². The predicted molar refractivity (Wildman–Crippen MR) is 75.2 cm³/mol. The van der Waals surface area contributed by atoms with Gasteiger partial charge in [0.2, 0.25) is 0 Å². The summed E-state index contributed by atoms with van der Waals surface area (Å²) in [5.74, 6) is 0.0808. The summed E-state index contributed by atoms with van der Waals surface area (Å²) < 4.78 is 6.15. The molecule has 0 atom stereocenters. The fraction of sp³-hybridized carbons (Fsp3) is 0. The number of thiophene rings is 1. The van der Waals surface area contributed by atoms with E-state index in [1.807, 2.05) is 11.4 Å². The van der Waals surface area contributed by atoms with Crippen LogP contribution in [-0.2, 0) is 0 Å². The third-order valence-corrected chi connectivity index (χ3v) is 4.28. The normalized spacial score (nSPS) is 10.9. The van der Waals surface area contributed by atoms with Gasteiger partial charge in [-0.05, 0) is 40.2 Å². The number of aromatic hydroxyl groups is 1. The lowest BCUT2D eigenvalue weighted by molar-refractivity contribution is 0.473. The van der Waals surface area contributed by atoms with Gasteiger partial charge in [0.15, 0.2) is 0 Å². The highest BCUT2D eigenvalue weighted by molar-refractivity contribution is 9.10. The first-order valence-corrected chi connectivity index (χ1v) is 6.82. The summed E-state index contributed by atoms with van der Waals surface area (Å²) in [6.07, 6.45) is 0. The Kier molecular flexibility index (Phi) is 2.72.